The van der Waals surface area contributed by atoms with Gasteiger partial charge >= 0.3 is 0 Å². The van der Waals surface area contributed by atoms with Crippen LogP contribution < -0.4 is 10.7 Å². The third kappa shape index (κ3) is 1.40. The Morgan fingerprint density at radius 1 is 1.33 bits per heavy atom. The van der Waals surface area contributed by atoms with Crippen LogP contribution in [0.3, 0.4) is 0 Å². The van der Waals surface area contributed by atoms with Gasteiger partial charge in [0, 0.05) is 22.9 Å². The van der Waals surface area contributed by atoms with Crippen LogP contribution in [0.2, 0.25) is 0 Å². The molecule has 2 aliphatic heterocycles. The lowest BCUT2D eigenvalue weighted by atomic mass is 10.1. The molecule has 0 atom stereocenters. The molecule has 74 valence electrons. The molecule has 0 radical (unpaired) electrons. The summed E-state index contributed by atoms with van der Waals surface area (Å²) in [5, 5.41) is 1.13. The van der Waals surface area contributed by atoms with Crippen LogP contribution in [-0.2, 0) is 0 Å². The lowest BCUT2D eigenvalue weighted by Crippen LogP contribution is -2.22. The van der Waals surface area contributed by atoms with Gasteiger partial charge in [0.1, 0.15) is 0 Å². The summed E-state index contributed by atoms with van der Waals surface area (Å²) < 4.78 is 0. The molecular weight excluding hydrogens is 186 g/mol. The van der Waals surface area contributed by atoms with Crippen LogP contribution in [0.1, 0.15) is 18.9 Å². The van der Waals surface area contributed by atoms with E-state index < -0.39 is 0 Å². The number of hydrogen-bond donors (Lipinski definition) is 0. The molecule has 3 heteroatoms. The van der Waals surface area contributed by atoms with Crippen LogP contribution in [0.4, 0.5) is 5.82 Å². The summed E-state index contributed by atoms with van der Waals surface area (Å²) in [7, 11) is 0. The molecule has 3 nitrogen and oxygen atoms in total. The second-order valence-electron chi connectivity index (χ2n) is 3.81. The van der Waals surface area contributed by atoms with E-state index >= 15 is 0 Å². The van der Waals surface area contributed by atoms with Gasteiger partial charge in [-0.3, -0.25) is 4.99 Å². The second-order valence-corrected chi connectivity index (χ2v) is 3.81. The van der Waals surface area contributed by atoms with E-state index in [2.05, 4.69) is 33.2 Å². The molecule has 0 unspecified atom stereocenters. The maximum Gasteiger partial charge on any atom is 0.161 e. The van der Waals surface area contributed by atoms with E-state index in [1.54, 1.807) is 0 Å². The van der Waals surface area contributed by atoms with Gasteiger partial charge < -0.3 is 0 Å². The summed E-state index contributed by atoms with van der Waals surface area (Å²) >= 11 is 0. The van der Waals surface area contributed by atoms with Crippen molar-refractivity contribution in [3.63, 3.8) is 0 Å². The minimum absolute atomic E-state index is 0.727. The Bertz CT molecular complexity index is 594. The van der Waals surface area contributed by atoms with E-state index in [0.29, 0.717) is 0 Å². The minimum atomic E-state index is 0.727. The van der Waals surface area contributed by atoms with Crippen molar-refractivity contribution >= 4 is 23.7 Å². The molecular formula is C12H11N3. The fourth-order valence-electron chi connectivity index (χ4n) is 1.82. The van der Waals surface area contributed by atoms with Gasteiger partial charge in [-0.2, -0.15) is 0 Å². The fraction of sp³-hybridized carbons (Fsp3) is 0.250. The minimum Gasteiger partial charge on any atom is -0.262 e. The Kier molecular flexibility index (Phi) is 1.78. The molecule has 2 aliphatic rings. The summed E-state index contributed by atoms with van der Waals surface area (Å²) in [5.74, 6) is 0.816. The van der Waals surface area contributed by atoms with Crippen LogP contribution in [0.25, 0.3) is 12.2 Å². The van der Waals surface area contributed by atoms with Crippen molar-refractivity contribution in [1.82, 2.24) is 4.98 Å². The predicted molar refractivity (Wildman–Crippen MR) is 60.8 cm³/mol. The van der Waals surface area contributed by atoms with Crippen molar-refractivity contribution in [2.45, 2.75) is 13.3 Å². The van der Waals surface area contributed by atoms with Gasteiger partial charge in [-0.25, -0.2) is 9.98 Å². The molecule has 1 aromatic heterocycles. The first-order chi connectivity index (χ1) is 7.33. The first-order valence-corrected chi connectivity index (χ1v) is 5.09. The molecule has 0 saturated heterocycles. The zero-order chi connectivity index (χ0) is 10.3. The maximum atomic E-state index is 4.47. The van der Waals surface area contributed by atoms with Crippen molar-refractivity contribution in [2.24, 2.45) is 9.98 Å². The van der Waals surface area contributed by atoms with E-state index in [1.807, 2.05) is 13.0 Å². The average Bonchev–Trinajstić information content (AvgIpc) is 2.26. The number of hydrogen-bond acceptors (Lipinski definition) is 3. The quantitative estimate of drug-likeness (QED) is 0.611. The number of aromatic nitrogens is 1. The zero-order valence-electron chi connectivity index (χ0n) is 8.57. The van der Waals surface area contributed by atoms with Crippen LogP contribution in [0.5, 0.6) is 0 Å². The molecule has 3 heterocycles. The highest BCUT2D eigenvalue weighted by molar-refractivity contribution is 5.90. The second kappa shape index (κ2) is 3.12. The van der Waals surface area contributed by atoms with Crippen LogP contribution in [0.15, 0.2) is 22.1 Å². The number of pyridine rings is 1. The lowest BCUT2D eigenvalue weighted by molar-refractivity contribution is 1.02. The first kappa shape index (κ1) is 8.53. The van der Waals surface area contributed by atoms with Crippen molar-refractivity contribution < 1.29 is 0 Å². The number of rotatable bonds is 0. The highest BCUT2D eigenvalue weighted by Gasteiger charge is 2.06. The predicted octanol–water partition coefficient (Wildman–Crippen LogP) is 1.00. The largest absolute Gasteiger partial charge is 0.262 e. The zero-order valence-corrected chi connectivity index (χ0v) is 8.57. The number of fused-ring (bicyclic) bond motifs is 2. The Balaban J connectivity index is 2.33. The Morgan fingerprint density at radius 2 is 2.27 bits per heavy atom. The van der Waals surface area contributed by atoms with Gasteiger partial charge in [-0.05, 0) is 13.0 Å². The van der Waals surface area contributed by atoms with Crippen LogP contribution in [0, 0.1) is 0 Å². The fourth-order valence-corrected chi connectivity index (χ4v) is 1.82. The SMILES string of the molecule is CC1=Nc2nc3c(cc2=CC1)C=CCN=3. The third-order valence-electron chi connectivity index (χ3n) is 2.60. The summed E-state index contributed by atoms with van der Waals surface area (Å²) in [6.45, 7) is 2.75. The molecule has 0 bridgehead atoms. The van der Waals surface area contributed by atoms with Gasteiger partial charge in [-0.1, -0.05) is 18.2 Å². The van der Waals surface area contributed by atoms with Gasteiger partial charge in [0.05, 0.1) is 6.54 Å². The highest BCUT2D eigenvalue weighted by Crippen LogP contribution is 2.08. The van der Waals surface area contributed by atoms with E-state index in [0.717, 1.165) is 40.8 Å². The van der Waals surface area contributed by atoms with Gasteiger partial charge in [0.2, 0.25) is 0 Å². The van der Waals surface area contributed by atoms with Crippen molar-refractivity contribution in [3.05, 3.63) is 28.4 Å². The molecule has 0 aromatic carbocycles. The smallest absolute Gasteiger partial charge is 0.161 e. The summed E-state index contributed by atoms with van der Waals surface area (Å²) in [5.41, 5.74) is 3.04. The molecule has 15 heavy (non-hydrogen) atoms. The molecule has 0 amide bonds. The molecule has 0 saturated carbocycles. The maximum absolute atomic E-state index is 4.47. The molecule has 0 fully saturated rings. The van der Waals surface area contributed by atoms with Crippen LogP contribution in [-0.4, -0.2) is 17.2 Å². The van der Waals surface area contributed by atoms with Crippen molar-refractivity contribution in [1.29, 1.82) is 0 Å². The number of nitrogens with zero attached hydrogens (tertiary/aromatic N) is 3. The molecule has 0 spiro atoms. The Hall–Kier alpha value is -1.77. The lowest BCUT2D eigenvalue weighted by Gasteiger charge is -2.07. The molecule has 0 aliphatic carbocycles. The van der Waals surface area contributed by atoms with Crippen LogP contribution >= 0.6 is 0 Å². The Labute approximate surface area is 87.6 Å². The van der Waals surface area contributed by atoms with Gasteiger partial charge in [0.25, 0.3) is 0 Å². The van der Waals surface area contributed by atoms with Crippen molar-refractivity contribution in [2.75, 3.05) is 6.54 Å². The summed E-state index contributed by atoms with van der Waals surface area (Å²) in [4.78, 5) is 13.3. The van der Waals surface area contributed by atoms with Crippen molar-refractivity contribution in [3.8, 4) is 0 Å². The van der Waals surface area contributed by atoms with E-state index in [9.17, 15) is 0 Å². The standard InChI is InChI=1S/C12H11N3/c1-8-4-5-10-7-9-3-2-6-13-11(9)15-12(10)14-8/h2-3,5,7H,4,6H2,1H3. The average molecular weight is 197 g/mol. The normalized spacial score (nSPS) is 17.0. The number of aliphatic imine (C=N–C) groups is 1. The monoisotopic (exact) mass is 197 g/mol. The molecule has 0 N–H and O–H groups in total. The third-order valence-corrected chi connectivity index (χ3v) is 2.60. The van der Waals surface area contributed by atoms with E-state index in [4.69, 9.17) is 0 Å². The molecule has 1 aromatic rings. The Morgan fingerprint density at radius 3 is 3.20 bits per heavy atom. The summed E-state index contributed by atoms with van der Waals surface area (Å²) in [6, 6.07) is 2.12. The summed E-state index contributed by atoms with van der Waals surface area (Å²) in [6.07, 6.45) is 7.23. The topological polar surface area (TPSA) is 37.6 Å². The first-order valence-electron chi connectivity index (χ1n) is 5.09. The highest BCUT2D eigenvalue weighted by atomic mass is 15.0. The van der Waals surface area contributed by atoms with Gasteiger partial charge in [0.15, 0.2) is 11.3 Å². The van der Waals surface area contributed by atoms with E-state index in [-0.39, 0.29) is 0 Å². The van der Waals surface area contributed by atoms with Gasteiger partial charge in [-0.15, -0.1) is 0 Å². The molecule has 3 rings (SSSR count). The van der Waals surface area contributed by atoms with E-state index in [1.165, 1.54) is 0 Å².